The van der Waals surface area contributed by atoms with Crippen molar-refractivity contribution in [3.63, 3.8) is 0 Å². The number of fused-ring (bicyclic) bond motifs is 1. The standard InChI is InChI=1S/C17H12INO3/c1-10-8-16(20)22-15-9-13(6-7-14(10)15)19-17(21)11-2-4-12(18)5-3-11/h2-9H,1H3,(H,19,21). The lowest BCUT2D eigenvalue weighted by molar-refractivity contribution is 0.102. The molecule has 0 aliphatic heterocycles. The van der Waals surface area contributed by atoms with Crippen LogP contribution in [0.2, 0.25) is 0 Å². The Kier molecular flexibility index (Phi) is 3.98. The van der Waals surface area contributed by atoms with Crippen LogP contribution in [0.25, 0.3) is 11.0 Å². The molecular formula is C17H12INO3. The molecule has 110 valence electrons. The van der Waals surface area contributed by atoms with E-state index in [0.717, 1.165) is 14.5 Å². The highest BCUT2D eigenvalue weighted by atomic mass is 127. The summed E-state index contributed by atoms with van der Waals surface area (Å²) in [5.41, 5.74) is 2.08. The number of anilines is 1. The molecule has 1 N–H and O–H groups in total. The smallest absolute Gasteiger partial charge is 0.336 e. The average molecular weight is 405 g/mol. The topological polar surface area (TPSA) is 59.3 Å². The molecule has 0 aliphatic carbocycles. The third kappa shape index (κ3) is 3.04. The SMILES string of the molecule is Cc1cc(=O)oc2cc(NC(=O)c3ccc(I)cc3)ccc12. The van der Waals surface area contributed by atoms with Crippen LogP contribution in [0.4, 0.5) is 5.69 Å². The molecule has 3 aromatic rings. The molecule has 5 heteroatoms. The van der Waals surface area contributed by atoms with Gasteiger partial charge in [-0.15, -0.1) is 0 Å². The maximum atomic E-state index is 12.2. The Bertz CT molecular complexity index is 913. The van der Waals surface area contributed by atoms with E-state index in [4.69, 9.17) is 4.42 Å². The highest BCUT2D eigenvalue weighted by Crippen LogP contribution is 2.21. The lowest BCUT2D eigenvalue weighted by Crippen LogP contribution is -2.11. The molecule has 0 fully saturated rings. The normalized spacial score (nSPS) is 10.6. The fourth-order valence-corrected chi connectivity index (χ4v) is 2.57. The van der Waals surface area contributed by atoms with E-state index in [-0.39, 0.29) is 5.91 Å². The van der Waals surface area contributed by atoms with E-state index in [1.807, 2.05) is 25.1 Å². The minimum Gasteiger partial charge on any atom is -0.423 e. The number of aryl methyl sites for hydroxylation is 1. The van der Waals surface area contributed by atoms with Gasteiger partial charge in [-0.3, -0.25) is 4.79 Å². The summed E-state index contributed by atoms with van der Waals surface area (Å²) >= 11 is 2.19. The van der Waals surface area contributed by atoms with Crippen LogP contribution in [0, 0.1) is 10.5 Å². The van der Waals surface area contributed by atoms with Gasteiger partial charge in [0.2, 0.25) is 0 Å². The van der Waals surface area contributed by atoms with Gasteiger partial charge >= 0.3 is 5.63 Å². The van der Waals surface area contributed by atoms with E-state index < -0.39 is 5.63 Å². The van der Waals surface area contributed by atoms with Gasteiger partial charge in [-0.05, 0) is 71.5 Å². The van der Waals surface area contributed by atoms with Crippen LogP contribution in [0.1, 0.15) is 15.9 Å². The highest BCUT2D eigenvalue weighted by Gasteiger charge is 2.08. The van der Waals surface area contributed by atoms with Gasteiger partial charge in [-0.2, -0.15) is 0 Å². The predicted octanol–water partition coefficient (Wildman–Crippen LogP) is 3.96. The first-order valence-corrected chi connectivity index (χ1v) is 7.72. The molecule has 0 radical (unpaired) electrons. The number of hydrogen-bond donors (Lipinski definition) is 1. The molecule has 1 amide bonds. The minimum atomic E-state index is -0.397. The van der Waals surface area contributed by atoms with Gasteiger partial charge in [0.1, 0.15) is 5.58 Å². The first-order chi connectivity index (χ1) is 10.5. The number of carbonyl (C=O) groups excluding carboxylic acids is 1. The second-order valence-electron chi connectivity index (χ2n) is 4.92. The molecule has 1 heterocycles. The van der Waals surface area contributed by atoms with Crippen LogP contribution in [-0.4, -0.2) is 5.91 Å². The zero-order chi connectivity index (χ0) is 15.7. The van der Waals surface area contributed by atoms with Crippen LogP contribution in [0.5, 0.6) is 0 Å². The lowest BCUT2D eigenvalue weighted by Gasteiger charge is -2.07. The first-order valence-electron chi connectivity index (χ1n) is 6.64. The van der Waals surface area contributed by atoms with Crippen LogP contribution in [0.3, 0.4) is 0 Å². The fraction of sp³-hybridized carbons (Fsp3) is 0.0588. The van der Waals surface area contributed by atoms with Crippen LogP contribution in [0.15, 0.2) is 57.7 Å². The van der Waals surface area contributed by atoms with Crippen molar-refractivity contribution in [3.05, 3.63) is 73.6 Å². The van der Waals surface area contributed by atoms with Gasteiger partial charge in [0.25, 0.3) is 5.91 Å². The van der Waals surface area contributed by atoms with Crippen molar-refractivity contribution >= 4 is 45.2 Å². The molecule has 0 atom stereocenters. The number of nitrogens with one attached hydrogen (secondary N) is 1. The summed E-state index contributed by atoms with van der Waals surface area (Å²) in [6.45, 7) is 1.85. The second kappa shape index (κ2) is 5.92. The largest absolute Gasteiger partial charge is 0.423 e. The number of carbonyl (C=O) groups is 1. The van der Waals surface area contributed by atoms with Gasteiger partial charge in [0.15, 0.2) is 0 Å². The molecule has 0 saturated carbocycles. The summed E-state index contributed by atoms with van der Waals surface area (Å²) in [5, 5.41) is 3.66. The van der Waals surface area contributed by atoms with Gasteiger partial charge in [-0.25, -0.2) is 4.79 Å². The third-order valence-electron chi connectivity index (χ3n) is 3.32. The van der Waals surface area contributed by atoms with Crippen molar-refractivity contribution in [1.82, 2.24) is 0 Å². The number of benzene rings is 2. The predicted molar refractivity (Wildman–Crippen MR) is 94.3 cm³/mol. The second-order valence-corrected chi connectivity index (χ2v) is 6.17. The lowest BCUT2D eigenvalue weighted by atomic mass is 10.1. The maximum absolute atomic E-state index is 12.2. The molecule has 0 unspecified atom stereocenters. The van der Waals surface area contributed by atoms with Crippen molar-refractivity contribution < 1.29 is 9.21 Å². The van der Waals surface area contributed by atoms with Gasteiger partial charge < -0.3 is 9.73 Å². The zero-order valence-electron chi connectivity index (χ0n) is 11.7. The summed E-state index contributed by atoms with van der Waals surface area (Å²) in [7, 11) is 0. The summed E-state index contributed by atoms with van der Waals surface area (Å²) in [6.07, 6.45) is 0. The van der Waals surface area contributed by atoms with Crippen LogP contribution >= 0.6 is 22.6 Å². The number of rotatable bonds is 2. The van der Waals surface area contributed by atoms with Gasteiger partial charge in [0, 0.05) is 32.3 Å². The Morgan fingerprint density at radius 2 is 1.82 bits per heavy atom. The van der Waals surface area contributed by atoms with E-state index in [2.05, 4.69) is 27.9 Å². The summed E-state index contributed by atoms with van der Waals surface area (Å²) < 4.78 is 6.25. The molecule has 2 aromatic carbocycles. The van der Waals surface area contributed by atoms with Crippen molar-refractivity contribution in [2.45, 2.75) is 6.92 Å². The quantitative estimate of drug-likeness (QED) is 0.519. The Morgan fingerprint density at radius 3 is 2.55 bits per heavy atom. The highest BCUT2D eigenvalue weighted by molar-refractivity contribution is 14.1. The summed E-state index contributed by atoms with van der Waals surface area (Å²) in [4.78, 5) is 23.6. The third-order valence-corrected chi connectivity index (χ3v) is 4.03. The Balaban J connectivity index is 1.92. The van der Waals surface area contributed by atoms with E-state index >= 15 is 0 Å². The molecule has 0 saturated heterocycles. The van der Waals surface area contributed by atoms with Crippen molar-refractivity contribution in [1.29, 1.82) is 0 Å². The number of halogens is 1. The Hall–Kier alpha value is -2.15. The van der Waals surface area contributed by atoms with Crippen molar-refractivity contribution in [2.75, 3.05) is 5.32 Å². The molecular weight excluding hydrogens is 393 g/mol. The minimum absolute atomic E-state index is 0.203. The van der Waals surface area contributed by atoms with E-state index in [9.17, 15) is 9.59 Å². The molecule has 0 aliphatic rings. The van der Waals surface area contributed by atoms with Crippen LogP contribution in [-0.2, 0) is 0 Å². The van der Waals surface area contributed by atoms with E-state index in [0.29, 0.717) is 16.8 Å². The fourth-order valence-electron chi connectivity index (χ4n) is 2.21. The van der Waals surface area contributed by atoms with Crippen LogP contribution < -0.4 is 10.9 Å². The number of amides is 1. The van der Waals surface area contributed by atoms with Gasteiger partial charge in [-0.1, -0.05) is 0 Å². The van der Waals surface area contributed by atoms with Crippen molar-refractivity contribution in [2.24, 2.45) is 0 Å². The summed E-state index contributed by atoms with van der Waals surface area (Å²) in [5.74, 6) is -0.203. The molecule has 4 nitrogen and oxygen atoms in total. The van der Waals surface area contributed by atoms with E-state index in [1.165, 1.54) is 6.07 Å². The maximum Gasteiger partial charge on any atom is 0.336 e. The number of hydrogen-bond acceptors (Lipinski definition) is 3. The monoisotopic (exact) mass is 405 g/mol. The Labute approximate surface area is 140 Å². The molecule has 22 heavy (non-hydrogen) atoms. The van der Waals surface area contributed by atoms with E-state index in [1.54, 1.807) is 24.3 Å². The zero-order valence-corrected chi connectivity index (χ0v) is 13.9. The Morgan fingerprint density at radius 1 is 1.09 bits per heavy atom. The molecule has 0 spiro atoms. The first kappa shape index (κ1) is 14.8. The molecule has 3 rings (SSSR count). The molecule has 0 bridgehead atoms. The van der Waals surface area contributed by atoms with Gasteiger partial charge in [0.05, 0.1) is 0 Å². The summed E-state index contributed by atoms with van der Waals surface area (Å²) in [6, 6.07) is 14.0. The molecule has 1 aromatic heterocycles. The average Bonchev–Trinajstić information content (AvgIpc) is 2.47. The van der Waals surface area contributed by atoms with Crippen molar-refractivity contribution in [3.8, 4) is 0 Å².